The van der Waals surface area contributed by atoms with E-state index in [0.29, 0.717) is 26.3 Å². The molecule has 42 heavy (non-hydrogen) atoms. The van der Waals surface area contributed by atoms with Crippen molar-refractivity contribution in [3.05, 3.63) is 30.2 Å². The summed E-state index contributed by atoms with van der Waals surface area (Å²) in [6.07, 6.45) is -6.79. The summed E-state index contributed by atoms with van der Waals surface area (Å²) in [4.78, 5) is 28.3. The van der Waals surface area contributed by atoms with Crippen LogP contribution >= 0.6 is 0 Å². The Balaban J connectivity index is 1.41. The van der Waals surface area contributed by atoms with Crippen LogP contribution in [0.5, 0.6) is 5.75 Å². The molecule has 1 aromatic carbocycles. The summed E-state index contributed by atoms with van der Waals surface area (Å²) in [5, 5.41) is 12.8. The highest BCUT2D eigenvalue weighted by Gasteiger charge is 2.47. The summed E-state index contributed by atoms with van der Waals surface area (Å²) in [5.74, 6) is -5.79. The van der Waals surface area contributed by atoms with E-state index < -0.39 is 66.8 Å². The number of benzene rings is 1. The number of rotatable bonds is 14. The minimum atomic E-state index is -4.86. The van der Waals surface area contributed by atoms with Gasteiger partial charge in [-0.2, -0.15) is 0 Å². The number of ether oxygens (including phenoxy) is 3. The monoisotopic (exact) mass is 605 g/mol. The Labute approximate surface area is 238 Å². The molecule has 0 radical (unpaired) electrons. The third-order valence-corrected chi connectivity index (χ3v) is 6.69. The van der Waals surface area contributed by atoms with Crippen molar-refractivity contribution < 1.29 is 50.2 Å². The summed E-state index contributed by atoms with van der Waals surface area (Å²) < 4.78 is 86.6. The maximum absolute atomic E-state index is 14.6. The van der Waals surface area contributed by atoms with E-state index in [-0.39, 0.29) is 30.5 Å². The highest BCUT2D eigenvalue weighted by atomic mass is 19.4. The third kappa shape index (κ3) is 8.65. The summed E-state index contributed by atoms with van der Waals surface area (Å²) in [7, 11) is 0. The average molecular weight is 606 g/mol. The first-order valence-corrected chi connectivity index (χ1v) is 13.5. The number of amides is 1. The molecule has 2 saturated heterocycles. The zero-order valence-corrected chi connectivity index (χ0v) is 23.0. The molecule has 2 fully saturated rings. The molecule has 16 heteroatoms. The molecule has 4 rings (SSSR count). The van der Waals surface area contributed by atoms with Crippen LogP contribution in [0.3, 0.4) is 0 Å². The van der Waals surface area contributed by atoms with Gasteiger partial charge < -0.3 is 23.9 Å². The number of morpholine rings is 1. The maximum Gasteiger partial charge on any atom is 0.573 e. The highest BCUT2D eigenvalue weighted by molar-refractivity contribution is 5.99. The Hall–Kier alpha value is -3.21. The van der Waals surface area contributed by atoms with E-state index in [1.165, 1.54) is 12.1 Å². The molecule has 2 aliphatic rings. The van der Waals surface area contributed by atoms with Gasteiger partial charge in [-0.05, 0) is 30.7 Å². The number of nitrogens with one attached hydrogen (secondary N) is 2. The van der Waals surface area contributed by atoms with Crippen LogP contribution in [-0.2, 0) is 14.3 Å². The zero-order valence-electron chi connectivity index (χ0n) is 23.0. The molecule has 0 spiro atoms. The second kappa shape index (κ2) is 13.4. The quantitative estimate of drug-likeness (QED) is 0.187. The molecular weight excluding hydrogens is 573 g/mol. The van der Waals surface area contributed by atoms with Crippen molar-refractivity contribution in [3.63, 3.8) is 0 Å². The standard InChI is InChI=1S/C26H32F5N5O6/c1-3-9-25(27,28)14-18(33-23-24(41-23)36-10-12-39-13-11-36)20(38)32-17(4-2)19(37)22-35-34-21(40-22)15-5-7-16(8-6-15)42-26(29,30)31/h5-8,17-18,23-24,33H,3-4,9-14H2,1-2H3,(H,32,38)/t17-,18-,23?,24?/m0/s1. The van der Waals surface area contributed by atoms with Crippen LogP contribution in [0.2, 0.25) is 0 Å². The van der Waals surface area contributed by atoms with Gasteiger partial charge >= 0.3 is 6.36 Å². The number of aromatic nitrogens is 2. The van der Waals surface area contributed by atoms with Crippen LogP contribution < -0.4 is 15.4 Å². The van der Waals surface area contributed by atoms with Gasteiger partial charge in [-0.1, -0.05) is 20.3 Å². The molecule has 0 aliphatic carbocycles. The Morgan fingerprint density at radius 1 is 1.07 bits per heavy atom. The first-order chi connectivity index (χ1) is 19.9. The van der Waals surface area contributed by atoms with Crippen LogP contribution in [0, 0.1) is 0 Å². The van der Waals surface area contributed by atoms with E-state index in [4.69, 9.17) is 13.9 Å². The van der Waals surface area contributed by atoms with Crippen LogP contribution in [0.15, 0.2) is 28.7 Å². The molecule has 2 aromatic rings. The van der Waals surface area contributed by atoms with Gasteiger partial charge in [-0.15, -0.1) is 23.4 Å². The lowest BCUT2D eigenvalue weighted by atomic mass is 10.0. The molecule has 232 valence electrons. The van der Waals surface area contributed by atoms with Crippen molar-refractivity contribution >= 4 is 11.7 Å². The average Bonchev–Trinajstić information content (AvgIpc) is 3.53. The molecule has 3 heterocycles. The number of Topliss-reactive ketones (excluding diaryl/α,β-unsaturated/α-hetero) is 1. The van der Waals surface area contributed by atoms with Gasteiger partial charge in [-0.25, -0.2) is 8.78 Å². The number of alkyl halides is 5. The molecule has 0 bridgehead atoms. The highest BCUT2D eigenvalue weighted by Crippen LogP contribution is 2.30. The van der Waals surface area contributed by atoms with Gasteiger partial charge in [0.1, 0.15) is 5.75 Å². The van der Waals surface area contributed by atoms with E-state index >= 15 is 0 Å². The molecule has 1 amide bonds. The zero-order chi connectivity index (χ0) is 30.5. The molecule has 2 N–H and O–H groups in total. The summed E-state index contributed by atoms with van der Waals surface area (Å²) in [5.41, 5.74) is 0.217. The fourth-order valence-electron chi connectivity index (χ4n) is 4.54. The molecule has 1 aromatic heterocycles. The van der Waals surface area contributed by atoms with Gasteiger partial charge in [-0.3, -0.25) is 19.8 Å². The molecule has 2 aliphatic heterocycles. The normalized spacial score (nSPS) is 21.0. The number of carbonyl (C=O) groups is 2. The number of hydrogen-bond donors (Lipinski definition) is 2. The number of halogens is 5. The first kappa shape index (κ1) is 31.7. The summed E-state index contributed by atoms with van der Waals surface area (Å²) in [6, 6.07) is 2.02. The van der Waals surface area contributed by atoms with Crippen molar-refractivity contribution in [3.8, 4) is 17.2 Å². The van der Waals surface area contributed by atoms with E-state index in [1.807, 2.05) is 4.90 Å². The van der Waals surface area contributed by atoms with Crippen molar-refractivity contribution in [2.45, 2.75) is 76.4 Å². The van der Waals surface area contributed by atoms with E-state index in [2.05, 4.69) is 25.6 Å². The molecule has 2 unspecified atom stereocenters. The van der Waals surface area contributed by atoms with E-state index in [0.717, 1.165) is 12.1 Å². The van der Waals surface area contributed by atoms with Gasteiger partial charge in [0.2, 0.25) is 23.5 Å². The van der Waals surface area contributed by atoms with E-state index in [9.17, 15) is 31.5 Å². The van der Waals surface area contributed by atoms with Gasteiger partial charge in [0.15, 0.2) is 12.5 Å². The van der Waals surface area contributed by atoms with Crippen molar-refractivity contribution in [2.75, 3.05) is 26.3 Å². The smallest absolute Gasteiger partial charge is 0.414 e. The Kier molecular flexibility index (Phi) is 10.1. The van der Waals surface area contributed by atoms with Gasteiger partial charge in [0.05, 0.1) is 25.3 Å². The topological polar surface area (TPSA) is 131 Å². The Morgan fingerprint density at radius 2 is 1.76 bits per heavy atom. The number of carbonyl (C=O) groups excluding carboxylic acids is 2. The Bertz CT molecular complexity index is 1200. The predicted octanol–water partition coefficient (Wildman–Crippen LogP) is 3.51. The molecular formula is C26H32F5N5O6. The Morgan fingerprint density at radius 3 is 2.38 bits per heavy atom. The van der Waals surface area contributed by atoms with Crippen molar-refractivity contribution in [2.24, 2.45) is 0 Å². The number of ketones is 1. The number of hydrogen-bond acceptors (Lipinski definition) is 10. The minimum Gasteiger partial charge on any atom is -0.414 e. The van der Waals surface area contributed by atoms with Gasteiger partial charge in [0.25, 0.3) is 5.89 Å². The van der Waals surface area contributed by atoms with Crippen LogP contribution in [-0.4, -0.2) is 89.9 Å². The molecule has 4 atom stereocenters. The van der Waals surface area contributed by atoms with Crippen LogP contribution in [0.25, 0.3) is 11.5 Å². The molecule has 0 saturated carbocycles. The van der Waals surface area contributed by atoms with Crippen LogP contribution in [0.4, 0.5) is 22.0 Å². The first-order valence-electron chi connectivity index (χ1n) is 13.5. The predicted molar refractivity (Wildman–Crippen MR) is 135 cm³/mol. The third-order valence-electron chi connectivity index (χ3n) is 6.69. The fraction of sp³-hybridized carbons (Fsp3) is 0.615. The molecule has 11 nitrogen and oxygen atoms in total. The summed E-state index contributed by atoms with van der Waals surface area (Å²) in [6.45, 7) is 5.46. The van der Waals surface area contributed by atoms with Crippen molar-refractivity contribution in [1.82, 2.24) is 25.7 Å². The second-order valence-electron chi connectivity index (χ2n) is 9.94. The lowest BCUT2D eigenvalue weighted by Crippen LogP contribution is -2.53. The maximum atomic E-state index is 14.6. The lowest BCUT2D eigenvalue weighted by Gasteiger charge is -2.26. The number of nitrogens with zero attached hydrogens (tertiary/aromatic N) is 3. The van der Waals surface area contributed by atoms with Gasteiger partial charge in [0, 0.05) is 31.5 Å². The minimum absolute atomic E-state index is 0.0835. The SMILES string of the molecule is CCCC(F)(F)C[C@H](NC1OC1N1CCOCC1)C(=O)N[C@@H](CC)C(=O)c1nnc(-c2ccc(OC(F)(F)F)cc2)o1. The van der Waals surface area contributed by atoms with Crippen LogP contribution in [0.1, 0.15) is 50.2 Å². The lowest BCUT2D eigenvalue weighted by molar-refractivity contribution is -0.274. The van der Waals surface area contributed by atoms with Crippen molar-refractivity contribution in [1.29, 1.82) is 0 Å². The second-order valence-corrected chi connectivity index (χ2v) is 9.94. The summed E-state index contributed by atoms with van der Waals surface area (Å²) >= 11 is 0. The van der Waals surface area contributed by atoms with E-state index in [1.54, 1.807) is 13.8 Å². The largest absolute Gasteiger partial charge is 0.573 e. The fourth-order valence-corrected chi connectivity index (χ4v) is 4.54. The number of epoxide rings is 1.